The van der Waals surface area contributed by atoms with E-state index < -0.39 is 23.2 Å². The van der Waals surface area contributed by atoms with E-state index in [9.17, 15) is 19.5 Å². The maximum Gasteiger partial charge on any atom is 0.407 e. The summed E-state index contributed by atoms with van der Waals surface area (Å²) in [6.45, 7) is 5.84. The summed E-state index contributed by atoms with van der Waals surface area (Å²) in [5, 5.41) is 12.8. The second kappa shape index (κ2) is 7.31. The predicted octanol–water partition coefficient (Wildman–Crippen LogP) is 3.25. The van der Waals surface area contributed by atoms with Gasteiger partial charge >= 0.3 is 18.2 Å². The molecule has 8 nitrogen and oxygen atoms in total. The van der Waals surface area contributed by atoms with Crippen LogP contribution in [0.15, 0.2) is 0 Å². The third-order valence-electron chi connectivity index (χ3n) is 7.76. The molecule has 5 aliphatic rings. The molecule has 1 aliphatic heterocycles. The van der Waals surface area contributed by atoms with E-state index in [1.54, 1.807) is 0 Å². The summed E-state index contributed by atoms with van der Waals surface area (Å²) in [7, 11) is 1.46. The molecule has 5 fully saturated rings. The molecule has 4 bridgehead atoms. The fourth-order valence-corrected chi connectivity index (χ4v) is 7.22. The zero-order valence-corrected chi connectivity index (χ0v) is 18.3. The van der Waals surface area contributed by atoms with Gasteiger partial charge in [0.2, 0.25) is 0 Å². The Morgan fingerprint density at radius 2 is 1.73 bits per heavy atom. The maximum absolute atomic E-state index is 12.6. The first-order chi connectivity index (χ1) is 14.0. The van der Waals surface area contributed by atoms with Crippen LogP contribution < -0.4 is 5.32 Å². The van der Waals surface area contributed by atoms with Crippen molar-refractivity contribution in [2.24, 2.45) is 29.1 Å². The minimum Gasteiger partial charge on any atom is -0.469 e. The monoisotopic (exact) mass is 422 g/mol. The molecule has 30 heavy (non-hydrogen) atoms. The van der Waals surface area contributed by atoms with Crippen molar-refractivity contribution < 1.29 is 29.0 Å². The number of esters is 1. The number of hydrogen-bond acceptors (Lipinski definition) is 5. The molecule has 4 unspecified atom stereocenters. The molecule has 8 heteroatoms. The average Bonchev–Trinajstić information content (AvgIpc) is 3.02. The molecule has 2 amide bonds. The van der Waals surface area contributed by atoms with Crippen molar-refractivity contribution in [3.63, 3.8) is 0 Å². The van der Waals surface area contributed by atoms with E-state index in [4.69, 9.17) is 9.47 Å². The van der Waals surface area contributed by atoms with Crippen LogP contribution in [0.5, 0.6) is 0 Å². The topological polar surface area (TPSA) is 105 Å². The van der Waals surface area contributed by atoms with Crippen molar-refractivity contribution in [2.75, 3.05) is 13.7 Å². The lowest BCUT2D eigenvalue weighted by Crippen LogP contribution is -2.62. The standard InChI is InChI=1S/C22H34N2O6/c1-21(2,3)30-19(26)23-15-5-6-24(20(27)28)17(15)16-13-7-12-8-14(16)11-22(9-12,10-13)18(25)29-4/h12-17H,5-11H2,1-4H3,(H,23,26)(H,27,28). The van der Waals surface area contributed by atoms with Crippen LogP contribution in [-0.4, -0.2) is 59.5 Å². The van der Waals surface area contributed by atoms with Gasteiger partial charge in [-0.3, -0.25) is 4.79 Å². The summed E-state index contributed by atoms with van der Waals surface area (Å²) in [5.41, 5.74) is -1.01. The highest BCUT2D eigenvalue weighted by Crippen LogP contribution is 2.64. The van der Waals surface area contributed by atoms with Crippen LogP contribution in [0.1, 0.15) is 59.3 Å². The number of carbonyl (C=O) groups is 3. The van der Waals surface area contributed by atoms with Crippen LogP contribution in [0.4, 0.5) is 9.59 Å². The van der Waals surface area contributed by atoms with Crippen molar-refractivity contribution in [1.29, 1.82) is 0 Å². The van der Waals surface area contributed by atoms with Crippen molar-refractivity contribution in [3.8, 4) is 0 Å². The molecule has 4 atom stereocenters. The molecule has 2 N–H and O–H groups in total. The zero-order chi connectivity index (χ0) is 21.8. The van der Waals surface area contributed by atoms with E-state index in [1.807, 2.05) is 20.8 Å². The Hall–Kier alpha value is -1.99. The smallest absolute Gasteiger partial charge is 0.407 e. The van der Waals surface area contributed by atoms with E-state index in [-0.39, 0.29) is 35.8 Å². The van der Waals surface area contributed by atoms with Gasteiger partial charge < -0.3 is 24.8 Å². The third-order valence-corrected chi connectivity index (χ3v) is 7.76. The van der Waals surface area contributed by atoms with Gasteiger partial charge in [0, 0.05) is 6.54 Å². The number of likely N-dealkylation sites (tertiary alicyclic amines) is 1. The number of alkyl carbamates (subject to hydrolysis) is 1. The lowest BCUT2D eigenvalue weighted by molar-refractivity contribution is -0.177. The molecule has 0 radical (unpaired) electrons. The molecule has 0 aromatic heterocycles. The Bertz CT molecular complexity index is 716. The van der Waals surface area contributed by atoms with Crippen LogP contribution in [0.3, 0.4) is 0 Å². The molecular formula is C22H34N2O6. The molecular weight excluding hydrogens is 388 g/mol. The first-order valence-corrected chi connectivity index (χ1v) is 11.1. The van der Waals surface area contributed by atoms with Crippen LogP contribution in [0, 0.1) is 29.1 Å². The predicted molar refractivity (Wildman–Crippen MR) is 108 cm³/mol. The van der Waals surface area contributed by atoms with Gasteiger partial charge in [-0.25, -0.2) is 9.59 Å². The van der Waals surface area contributed by atoms with Crippen molar-refractivity contribution >= 4 is 18.2 Å². The van der Waals surface area contributed by atoms with E-state index in [0.29, 0.717) is 18.9 Å². The van der Waals surface area contributed by atoms with Crippen molar-refractivity contribution in [3.05, 3.63) is 0 Å². The average molecular weight is 423 g/mol. The lowest BCUT2D eigenvalue weighted by atomic mass is 9.45. The molecule has 4 saturated carbocycles. The number of carboxylic acid groups (broad SMARTS) is 1. The number of carbonyl (C=O) groups excluding carboxylic acids is 2. The fourth-order valence-electron chi connectivity index (χ4n) is 7.22. The number of nitrogens with zero attached hydrogens (tertiary/aromatic N) is 1. The molecule has 4 aliphatic carbocycles. The lowest BCUT2D eigenvalue weighted by Gasteiger charge is -2.60. The summed E-state index contributed by atoms with van der Waals surface area (Å²) in [6, 6.07) is -0.549. The normalized spacial score (nSPS) is 39.7. The summed E-state index contributed by atoms with van der Waals surface area (Å²) in [6.07, 6.45) is 3.63. The molecule has 1 heterocycles. The third kappa shape index (κ3) is 3.62. The van der Waals surface area contributed by atoms with Gasteiger partial charge in [0.1, 0.15) is 5.60 Å². The number of hydrogen-bond donors (Lipinski definition) is 2. The molecule has 0 aromatic carbocycles. The minimum absolute atomic E-state index is 0.106. The molecule has 0 aromatic rings. The highest BCUT2D eigenvalue weighted by molar-refractivity contribution is 5.77. The van der Waals surface area contributed by atoms with Gasteiger partial charge in [0.05, 0.1) is 24.6 Å². The van der Waals surface area contributed by atoms with E-state index in [2.05, 4.69) is 5.32 Å². The Balaban J connectivity index is 1.57. The van der Waals surface area contributed by atoms with Gasteiger partial charge in [-0.2, -0.15) is 0 Å². The number of methoxy groups -OCH3 is 1. The highest BCUT2D eigenvalue weighted by atomic mass is 16.6. The number of amides is 2. The SMILES string of the molecule is COC(=O)C12CC3CC(C1)C(C1C(NC(=O)OC(C)(C)C)CCN1C(=O)O)C(C3)C2. The first-order valence-electron chi connectivity index (χ1n) is 11.1. The molecule has 168 valence electrons. The summed E-state index contributed by atoms with van der Waals surface area (Å²) < 4.78 is 10.6. The second-order valence-corrected chi connectivity index (χ2v) is 10.8. The summed E-state index contributed by atoms with van der Waals surface area (Å²) in [5.74, 6) is 1.12. The Kier molecular flexibility index (Phi) is 5.18. The van der Waals surface area contributed by atoms with Crippen molar-refractivity contribution in [1.82, 2.24) is 10.2 Å². The van der Waals surface area contributed by atoms with Crippen molar-refractivity contribution in [2.45, 2.75) is 77.0 Å². The fraction of sp³-hybridized carbons (Fsp3) is 0.864. The largest absolute Gasteiger partial charge is 0.469 e. The number of rotatable bonds is 3. The Labute approximate surface area is 177 Å². The van der Waals surface area contributed by atoms with Crippen LogP contribution >= 0.6 is 0 Å². The molecule has 1 saturated heterocycles. The van der Waals surface area contributed by atoms with Gasteiger partial charge in [-0.05, 0) is 83.0 Å². The first kappa shape index (κ1) is 21.2. The highest BCUT2D eigenvalue weighted by Gasteiger charge is 2.62. The van der Waals surface area contributed by atoms with Gasteiger partial charge in [0.25, 0.3) is 0 Å². The maximum atomic E-state index is 12.6. The quantitative estimate of drug-likeness (QED) is 0.677. The van der Waals surface area contributed by atoms with Gasteiger partial charge in [-0.15, -0.1) is 0 Å². The molecule has 0 spiro atoms. The van der Waals surface area contributed by atoms with Crippen LogP contribution in [0.2, 0.25) is 0 Å². The van der Waals surface area contributed by atoms with Crippen LogP contribution in [-0.2, 0) is 14.3 Å². The number of nitrogens with one attached hydrogen (secondary N) is 1. The second-order valence-electron chi connectivity index (χ2n) is 10.8. The molecule has 5 rings (SSSR count). The van der Waals surface area contributed by atoms with E-state index in [1.165, 1.54) is 12.0 Å². The number of ether oxygens (including phenoxy) is 2. The Morgan fingerprint density at radius 3 is 2.27 bits per heavy atom. The van der Waals surface area contributed by atoms with E-state index >= 15 is 0 Å². The summed E-state index contributed by atoms with van der Waals surface area (Å²) >= 11 is 0. The minimum atomic E-state index is -0.940. The van der Waals surface area contributed by atoms with Gasteiger partial charge in [0.15, 0.2) is 0 Å². The van der Waals surface area contributed by atoms with Crippen LogP contribution in [0.25, 0.3) is 0 Å². The van der Waals surface area contributed by atoms with Gasteiger partial charge in [-0.1, -0.05) is 0 Å². The summed E-state index contributed by atoms with van der Waals surface area (Å²) in [4.78, 5) is 38.6. The zero-order valence-electron chi connectivity index (χ0n) is 18.3. The van der Waals surface area contributed by atoms with E-state index in [0.717, 1.165) is 32.1 Å². The Morgan fingerprint density at radius 1 is 1.10 bits per heavy atom.